The number of hydrogen-bond acceptors (Lipinski definition) is 3. The zero-order chi connectivity index (χ0) is 13.1. The first-order valence-corrected chi connectivity index (χ1v) is 5.65. The van der Waals surface area contributed by atoms with Crippen molar-refractivity contribution in [3.05, 3.63) is 47.9 Å². The molecule has 2 aromatic carbocycles. The van der Waals surface area contributed by atoms with Crippen LogP contribution in [0, 0.1) is 0 Å². The fourth-order valence-electron chi connectivity index (χ4n) is 1.85. The van der Waals surface area contributed by atoms with Crippen molar-refractivity contribution in [2.45, 2.75) is 6.92 Å². The second kappa shape index (κ2) is 6.56. The van der Waals surface area contributed by atoms with Gasteiger partial charge in [-0.1, -0.05) is 18.2 Å². The van der Waals surface area contributed by atoms with Crippen LogP contribution in [0.25, 0.3) is 16.3 Å². The molecule has 0 aliphatic heterocycles. The van der Waals surface area contributed by atoms with E-state index in [9.17, 15) is 5.11 Å². The van der Waals surface area contributed by atoms with Crippen molar-refractivity contribution in [3.63, 3.8) is 0 Å². The summed E-state index contributed by atoms with van der Waals surface area (Å²) in [6.45, 7) is 1.76. The van der Waals surface area contributed by atoms with E-state index in [0.717, 1.165) is 22.1 Å². The Hall–Kier alpha value is -1.56. The van der Waals surface area contributed by atoms with Crippen molar-refractivity contribution >= 4 is 16.3 Å². The average Bonchev–Trinajstić information content (AvgIpc) is 2.44. The predicted molar refractivity (Wildman–Crippen MR) is 70.1 cm³/mol. The maximum atomic E-state index is 11.5. The summed E-state index contributed by atoms with van der Waals surface area (Å²) in [5, 5.41) is 13.6. The second-order valence-electron chi connectivity index (χ2n) is 4.04. The quantitative estimate of drug-likeness (QED) is 0.547. The van der Waals surface area contributed by atoms with E-state index < -0.39 is 0 Å². The molecule has 0 aromatic heterocycles. The normalized spacial score (nSPS) is 11.5. The molecule has 0 aliphatic rings. The Morgan fingerprint density at radius 3 is 2.26 bits per heavy atom. The Morgan fingerprint density at radius 1 is 1.00 bits per heavy atom. The summed E-state index contributed by atoms with van der Waals surface area (Å²) >= 11 is 0. The largest absolute Gasteiger partial charge is 1.00 e. The maximum Gasteiger partial charge on any atom is 1.00 e. The molecule has 0 amide bonds. The molecule has 0 heterocycles. The van der Waals surface area contributed by atoms with Crippen molar-refractivity contribution in [2.24, 2.45) is 0 Å². The number of hydrogen-bond donors (Lipinski definition) is 0. The molecule has 0 N–H and O–H groups in total. The minimum absolute atomic E-state index is 0. The summed E-state index contributed by atoms with van der Waals surface area (Å²) in [5.74, 6) is 0.520. The van der Waals surface area contributed by atoms with Crippen molar-refractivity contribution in [2.75, 3.05) is 14.2 Å². The minimum atomic E-state index is -0.303. The van der Waals surface area contributed by atoms with Crippen molar-refractivity contribution in [3.8, 4) is 5.75 Å². The predicted octanol–water partition coefficient (Wildman–Crippen LogP) is -0.452. The van der Waals surface area contributed by atoms with Gasteiger partial charge in [0.2, 0.25) is 0 Å². The van der Waals surface area contributed by atoms with Gasteiger partial charge in [-0.05, 0) is 54.1 Å². The summed E-state index contributed by atoms with van der Waals surface area (Å²) < 4.78 is 9.90. The summed E-state index contributed by atoms with van der Waals surface area (Å²) in [6, 6.07) is 11.7. The summed E-state index contributed by atoms with van der Waals surface area (Å²) in [5.41, 5.74) is 1.48. The van der Waals surface area contributed by atoms with Gasteiger partial charge in [-0.15, -0.1) is 0 Å². The molecule has 0 aliphatic carbocycles. The van der Waals surface area contributed by atoms with E-state index in [1.54, 1.807) is 14.0 Å². The van der Waals surface area contributed by atoms with Crippen LogP contribution in [0.4, 0.5) is 0 Å². The molecule has 4 heteroatoms. The van der Waals surface area contributed by atoms with Crippen LogP contribution < -0.4 is 28.7 Å². The van der Waals surface area contributed by atoms with E-state index >= 15 is 0 Å². The molecule has 0 spiro atoms. The van der Waals surface area contributed by atoms with E-state index in [-0.39, 0.29) is 24.8 Å². The standard InChI is InChI=1S/C15H16O3.Li/c1-10(15(16)18-3)11-4-5-13-9-14(17-2)7-6-12(13)8-11;/h4-9,16H,1-3H3;/q;+1/p-1/b15-10+;. The molecule has 94 valence electrons. The van der Waals surface area contributed by atoms with E-state index in [0.29, 0.717) is 5.57 Å². The maximum absolute atomic E-state index is 11.5. The van der Waals surface area contributed by atoms with E-state index in [1.807, 2.05) is 36.4 Å². The Bertz CT molecular complexity index is 605. The molecular weight excluding hydrogens is 235 g/mol. The van der Waals surface area contributed by atoms with Crippen LogP contribution in [-0.4, -0.2) is 14.2 Å². The van der Waals surface area contributed by atoms with Crippen molar-refractivity contribution in [1.29, 1.82) is 0 Å². The molecular formula is C15H15LiO3. The van der Waals surface area contributed by atoms with Gasteiger partial charge < -0.3 is 14.6 Å². The van der Waals surface area contributed by atoms with Crippen LogP contribution in [-0.2, 0) is 4.74 Å². The second-order valence-corrected chi connectivity index (χ2v) is 4.04. The third kappa shape index (κ3) is 3.26. The summed E-state index contributed by atoms with van der Waals surface area (Å²) in [4.78, 5) is 0. The molecule has 0 unspecified atom stereocenters. The number of ether oxygens (including phenoxy) is 2. The molecule has 2 aromatic rings. The van der Waals surface area contributed by atoms with Gasteiger partial charge in [-0.2, -0.15) is 0 Å². The van der Waals surface area contributed by atoms with Crippen molar-refractivity contribution < 1.29 is 33.4 Å². The number of fused-ring (bicyclic) bond motifs is 1. The van der Waals surface area contributed by atoms with Gasteiger partial charge in [0.05, 0.1) is 13.1 Å². The Kier molecular flexibility index (Phi) is 5.35. The van der Waals surface area contributed by atoms with Crippen LogP contribution in [0.1, 0.15) is 12.5 Å². The van der Waals surface area contributed by atoms with Gasteiger partial charge in [-0.3, -0.25) is 0 Å². The molecule has 0 bridgehead atoms. The molecule has 19 heavy (non-hydrogen) atoms. The fourth-order valence-corrected chi connectivity index (χ4v) is 1.85. The molecule has 2 rings (SSSR count). The monoisotopic (exact) mass is 250 g/mol. The molecule has 0 atom stereocenters. The zero-order valence-corrected chi connectivity index (χ0v) is 11.7. The molecule has 0 radical (unpaired) electrons. The van der Waals surface area contributed by atoms with E-state index in [2.05, 4.69) is 0 Å². The first-order chi connectivity index (χ1) is 8.65. The Labute approximate surface area is 125 Å². The van der Waals surface area contributed by atoms with Crippen LogP contribution in [0.2, 0.25) is 0 Å². The van der Waals surface area contributed by atoms with Gasteiger partial charge >= 0.3 is 18.9 Å². The molecule has 0 saturated heterocycles. The summed E-state index contributed by atoms with van der Waals surface area (Å²) in [7, 11) is 3.03. The molecule has 0 saturated carbocycles. The summed E-state index contributed by atoms with van der Waals surface area (Å²) in [6.07, 6.45) is 0. The minimum Gasteiger partial charge on any atom is -0.616 e. The van der Waals surface area contributed by atoms with Gasteiger partial charge in [0, 0.05) is 0 Å². The first-order valence-electron chi connectivity index (χ1n) is 5.65. The molecule has 0 fully saturated rings. The Balaban J connectivity index is 0.00000180. The van der Waals surface area contributed by atoms with Crippen LogP contribution >= 0.6 is 0 Å². The first kappa shape index (κ1) is 15.5. The smallest absolute Gasteiger partial charge is 0.616 e. The van der Waals surface area contributed by atoms with Crippen LogP contribution in [0.5, 0.6) is 5.75 Å². The van der Waals surface area contributed by atoms with Gasteiger partial charge in [0.15, 0.2) is 0 Å². The third-order valence-electron chi connectivity index (χ3n) is 2.97. The Morgan fingerprint density at radius 2 is 1.63 bits per heavy atom. The van der Waals surface area contributed by atoms with Crippen molar-refractivity contribution in [1.82, 2.24) is 0 Å². The number of allylic oxidation sites excluding steroid dienone is 1. The fraction of sp³-hybridized carbons (Fsp3) is 0.200. The number of benzene rings is 2. The van der Waals surface area contributed by atoms with Gasteiger partial charge in [0.1, 0.15) is 5.75 Å². The van der Waals surface area contributed by atoms with Crippen LogP contribution in [0.3, 0.4) is 0 Å². The number of methoxy groups -OCH3 is 2. The SMILES string of the molecule is CO/C([O-])=C(\C)c1ccc2cc(OC)ccc2c1.[Li+]. The zero-order valence-electron chi connectivity index (χ0n) is 11.7. The van der Waals surface area contributed by atoms with E-state index in [1.165, 1.54) is 7.11 Å². The molecule has 3 nitrogen and oxygen atoms in total. The average molecular weight is 250 g/mol. The third-order valence-corrected chi connectivity index (χ3v) is 2.97. The number of rotatable bonds is 3. The van der Waals surface area contributed by atoms with Crippen LogP contribution in [0.15, 0.2) is 42.3 Å². The van der Waals surface area contributed by atoms with Gasteiger partial charge in [0.25, 0.3) is 0 Å². The van der Waals surface area contributed by atoms with Gasteiger partial charge in [-0.25, -0.2) is 0 Å². The van der Waals surface area contributed by atoms with E-state index in [4.69, 9.17) is 9.47 Å². The topological polar surface area (TPSA) is 41.5 Å².